The number of ketones is 2. The Morgan fingerprint density at radius 1 is 1.10 bits per heavy atom. The number of carbonyl (C=O) groups is 3. The van der Waals surface area contributed by atoms with Gasteiger partial charge in [0, 0.05) is 46.1 Å². The van der Waals surface area contributed by atoms with Gasteiger partial charge in [-0.1, -0.05) is 12.1 Å². The van der Waals surface area contributed by atoms with E-state index in [2.05, 4.69) is 15.2 Å². The molecular weight excluding hydrogens is 515 g/mol. The Morgan fingerprint density at radius 2 is 1.87 bits per heavy atom. The van der Waals surface area contributed by atoms with Crippen LogP contribution in [0.15, 0.2) is 24.3 Å². The summed E-state index contributed by atoms with van der Waals surface area (Å²) in [6, 6.07) is 6.78. The summed E-state index contributed by atoms with van der Waals surface area (Å²) in [5, 5.41) is 3.60. The molecule has 0 spiro atoms. The molecule has 9 heteroatoms. The van der Waals surface area contributed by atoms with Crippen molar-refractivity contribution >= 4 is 28.9 Å². The summed E-state index contributed by atoms with van der Waals surface area (Å²) in [5.74, 6) is 0.832. The van der Waals surface area contributed by atoms with Gasteiger partial charge in [-0.3, -0.25) is 9.59 Å². The van der Waals surface area contributed by atoms with Crippen LogP contribution >= 0.6 is 11.3 Å². The summed E-state index contributed by atoms with van der Waals surface area (Å²) < 4.78 is 13.3. The molecule has 2 aliphatic heterocycles. The van der Waals surface area contributed by atoms with Crippen molar-refractivity contribution in [2.75, 3.05) is 39.3 Å². The summed E-state index contributed by atoms with van der Waals surface area (Å²) in [6.07, 6.45) is 4.76. The van der Waals surface area contributed by atoms with E-state index < -0.39 is 0 Å². The Morgan fingerprint density at radius 3 is 2.56 bits per heavy atom. The lowest BCUT2D eigenvalue weighted by Gasteiger charge is -2.42. The fourth-order valence-corrected chi connectivity index (χ4v) is 7.15. The normalized spacial score (nSPS) is 22.1. The first-order chi connectivity index (χ1) is 18.7. The number of urea groups is 1. The van der Waals surface area contributed by atoms with Crippen LogP contribution in [0.2, 0.25) is 0 Å². The van der Waals surface area contributed by atoms with Crippen LogP contribution < -0.4 is 5.32 Å². The third-order valence-electron chi connectivity index (χ3n) is 8.04. The number of piperidine rings is 2. The van der Waals surface area contributed by atoms with Crippen molar-refractivity contribution in [1.82, 2.24) is 20.1 Å². The summed E-state index contributed by atoms with van der Waals surface area (Å²) in [4.78, 5) is 47.1. The summed E-state index contributed by atoms with van der Waals surface area (Å²) >= 11 is 1.32. The molecule has 2 fully saturated rings. The van der Waals surface area contributed by atoms with Gasteiger partial charge in [0.2, 0.25) is 0 Å². The van der Waals surface area contributed by atoms with Crippen LogP contribution in [0, 0.1) is 30.5 Å². The quantitative estimate of drug-likeness (QED) is 0.420. The molecule has 3 heterocycles. The Hall–Kier alpha value is -2.65. The number of hydrogen-bond donors (Lipinski definition) is 1. The van der Waals surface area contributed by atoms with Crippen LogP contribution in [0.25, 0.3) is 0 Å². The molecular formula is C30H41FN4O3S. The van der Waals surface area contributed by atoms with Gasteiger partial charge in [0.05, 0.1) is 17.0 Å². The summed E-state index contributed by atoms with van der Waals surface area (Å²) in [6.45, 7) is 10.1. The van der Waals surface area contributed by atoms with E-state index in [0.29, 0.717) is 53.5 Å². The molecule has 1 aromatic carbocycles. The lowest BCUT2D eigenvalue weighted by atomic mass is 9.80. The largest absolute Gasteiger partial charge is 0.338 e. The number of likely N-dealkylation sites (tertiary alicyclic amines) is 2. The second-order valence-corrected chi connectivity index (χ2v) is 12.3. The van der Waals surface area contributed by atoms with Crippen LogP contribution in [0.5, 0.6) is 0 Å². The number of amides is 2. The van der Waals surface area contributed by atoms with E-state index in [0.717, 1.165) is 38.9 Å². The second kappa shape index (κ2) is 13.6. The van der Waals surface area contributed by atoms with Gasteiger partial charge < -0.3 is 15.1 Å². The standard InChI is InChI=1S/C30H41FN4O3S/c1-4-32-30(38)35-13-11-24(18-34-12-5-6-23(17-34)14-22-7-9-26(31)10-8-22)25(19-35)15-27(37)16-28-33-20(2)29(39-28)21(3)36/h7-10,23-25H,4-6,11-19H2,1-3H3,(H,32,38)/t23-,24-,25+/m0/s1. The van der Waals surface area contributed by atoms with Gasteiger partial charge in [-0.05, 0) is 81.5 Å². The maximum Gasteiger partial charge on any atom is 0.317 e. The first kappa shape index (κ1) is 29.3. The van der Waals surface area contributed by atoms with Crippen molar-refractivity contribution in [3.05, 3.63) is 51.2 Å². The third kappa shape index (κ3) is 8.18. The predicted octanol–water partition coefficient (Wildman–Crippen LogP) is 4.92. The van der Waals surface area contributed by atoms with Crippen molar-refractivity contribution < 1.29 is 18.8 Å². The minimum atomic E-state index is -0.201. The Labute approximate surface area is 235 Å². The van der Waals surface area contributed by atoms with Crippen molar-refractivity contribution in [3.63, 3.8) is 0 Å². The molecule has 2 aromatic rings. The molecule has 4 rings (SSSR count). The van der Waals surface area contributed by atoms with E-state index in [4.69, 9.17) is 0 Å². The van der Waals surface area contributed by atoms with Gasteiger partial charge in [-0.15, -0.1) is 11.3 Å². The minimum absolute atomic E-state index is 0.0205. The minimum Gasteiger partial charge on any atom is -0.338 e. The van der Waals surface area contributed by atoms with Gasteiger partial charge in [-0.2, -0.15) is 0 Å². The Kier molecular flexibility index (Phi) is 10.2. The van der Waals surface area contributed by atoms with Crippen molar-refractivity contribution in [3.8, 4) is 0 Å². The molecule has 1 N–H and O–H groups in total. The highest BCUT2D eigenvalue weighted by molar-refractivity contribution is 7.13. The van der Waals surface area contributed by atoms with Crippen LogP contribution in [0.1, 0.15) is 65.5 Å². The number of nitrogens with zero attached hydrogens (tertiary/aromatic N) is 3. The maximum atomic E-state index is 13.3. The van der Waals surface area contributed by atoms with Gasteiger partial charge in [0.15, 0.2) is 5.78 Å². The monoisotopic (exact) mass is 556 g/mol. The van der Waals surface area contributed by atoms with E-state index >= 15 is 0 Å². The molecule has 0 radical (unpaired) electrons. The average Bonchev–Trinajstić information content (AvgIpc) is 3.26. The van der Waals surface area contributed by atoms with Gasteiger partial charge >= 0.3 is 6.03 Å². The fraction of sp³-hybridized carbons (Fsp3) is 0.600. The molecule has 0 saturated carbocycles. The molecule has 2 amide bonds. The summed E-state index contributed by atoms with van der Waals surface area (Å²) in [5.41, 5.74) is 1.86. The van der Waals surface area contributed by atoms with Crippen molar-refractivity contribution in [1.29, 1.82) is 0 Å². The summed E-state index contributed by atoms with van der Waals surface area (Å²) in [7, 11) is 0. The average molecular weight is 557 g/mol. The van der Waals surface area contributed by atoms with E-state index in [1.54, 1.807) is 0 Å². The van der Waals surface area contributed by atoms with Crippen LogP contribution in [-0.4, -0.2) is 71.6 Å². The number of nitrogens with one attached hydrogen (secondary N) is 1. The number of Topliss-reactive ketones (excluding diaryl/α,β-unsaturated/α-hetero) is 2. The van der Waals surface area contributed by atoms with Gasteiger partial charge in [-0.25, -0.2) is 14.2 Å². The number of aromatic nitrogens is 1. The Bertz CT molecular complexity index is 1150. The third-order valence-corrected chi connectivity index (χ3v) is 9.30. The zero-order valence-corrected chi connectivity index (χ0v) is 24.2. The second-order valence-electron chi connectivity index (χ2n) is 11.2. The van der Waals surface area contributed by atoms with E-state index in [9.17, 15) is 18.8 Å². The molecule has 0 aliphatic carbocycles. The molecule has 2 aliphatic rings. The topological polar surface area (TPSA) is 82.6 Å². The van der Waals surface area contributed by atoms with Crippen molar-refractivity contribution in [2.45, 2.75) is 59.3 Å². The van der Waals surface area contributed by atoms with Gasteiger partial charge in [0.25, 0.3) is 0 Å². The van der Waals surface area contributed by atoms with Crippen LogP contribution in [0.3, 0.4) is 0 Å². The number of rotatable bonds is 10. The highest BCUT2D eigenvalue weighted by atomic mass is 32.1. The first-order valence-corrected chi connectivity index (χ1v) is 15.0. The fourth-order valence-electron chi connectivity index (χ4n) is 6.16. The predicted molar refractivity (Wildman–Crippen MR) is 152 cm³/mol. The van der Waals surface area contributed by atoms with E-state index in [-0.39, 0.29) is 35.8 Å². The van der Waals surface area contributed by atoms with E-state index in [1.807, 2.05) is 30.9 Å². The lowest BCUT2D eigenvalue weighted by molar-refractivity contribution is -0.120. The maximum absolute atomic E-state index is 13.3. The number of benzene rings is 1. The molecule has 212 valence electrons. The van der Waals surface area contributed by atoms with E-state index in [1.165, 1.54) is 42.4 Å². The number of aryl methyl sites for hydroxylation is 1. The molecule has 0 bridgehead atoms. The highest BCUT2D eigenvalue weighted by Crippen LogP contribution is 2.31. The first-order valence-electron chi connectivity index (χ1n) is 14.2. The highest BCUT2D eigenvalue weighted by Gasteiger charge is 2.35. The van der Waals surface area contributed by atoms with Gasteiger partial charge in [0.1, 0.15) is 16.6 Å². The number of carbonyl (C=O) groups excluding carboxylic acids is 3. The molecule has 7 nitrogen and oxygen atoms in total. The lowest BCUT2D eigenvalue weighted by Crippen LogP contribution is -2.51. The number of thiazole rings is 1. The van der Waals surface area contributed by atoms with Crippen LogP contribution in [-0.2, 0) is 17.6 Å². The molecule has 0 unspecified atom stereocenters. The zero-order chi connectivity index (χ0) is 27.9. The molecule has 2 saturated heterocycles. The number of halogens is 1. The molecule has 39 heavy (non-hydrogen) atoms. The van der Waals surface area contributed by atoms with Crippen molar-refractivity contribution in [2.24, 2.45) is 17.8 Å². The zero-order valence-electron chi connectivity index (χ0n) is 23.4. The smallest absolute Gasteiger partial charge is 0.317 e. The van der Waals surface area contributed by atoms with Crippen LogP contribution in [0.4, 0.5) is 9.18 Å². The SMILES string of the molecule is CCNC(=O)N1CC[C@@H](CN2CCC[C@@H](Cc3ccc(F)cc3)C2)[C@H](CC(=O)Cc2nc(C)c(C(C)=O)s2)C1. The Balaban J connectivity index is 1.39. The molecule has 1 aromatic heterocycles. The molecule has 3 atom stereocenters. The number of hydrogen-bond acceptors (Lipinski definition) is 6.